The number of rotatable bonds is 23. The van der Waals surface area contributed by atoms with E-state index in [0.717, 1.165) is 65.2 Å². The van der Waals surface area contributed by atoms with Crippen molar-refractivity contribution in [3.8, 4) is 21.7 Å². The Balaban J connectivity index is 0.645. The van der Waals surface area contributed by atoms with Crippen molar-refractivity contribution < 1.29 is 38.0 Å². The lowest BCUT2D eigenvalue weighted by Gasteiger charge is -2.34. The van der Waals surface area contributed by atoms with Crippen LogP contribution in [0.4, 0.5) is 15.9 Å². The Morgan fingerprint density at radius 2 is 1.65 bits per heavy atom. The first-order chi connectivity index (χ1) is 39.2. The smallest absolute Gasteiger partial charge is 0.254 e. The molecule has 0 bridgehead atoms. The van der Waals surface area contributed by atoms with Gasteiger partial charge in [0.1, 0.15) is 23.5 Å². The molecule has 2 aromatic carbocycles. The predicted molar refractivity (Wildman–Crippen MR) is 302 cm³/mol. The maximum absolute atomic E-state index is 15.7. The molecule has 2 aliphatic heterocycles. The highest BCUT2D eigenvalue weighted by Crippen LogP contribution is 2.41. The molecule has 426 valence electrons. The van der Waals surface area contributed by atoms with Gasteiger partial charge in [0.2, 0.25) is 23.6 Å². The van der Waals surface area contributed by atoms with Gasteiger partial charge in [-0.1, -0.05) is 56.1 Å². The highest BCUT2D eigenvalue weighted by atomic mass is 32.1. The molecule has 2 saturated heterocycles. The molecule has 81 heavy (non-hydrogen) atoms. The largest absolute Gasteiger partial charge is 0.391 e. The summed E-state index contributed by atoms with van der Waals surface area (Å²) in [6, 6.07) is 12.1. The van der Waals surface area contributed by atoms with Gasteiger partial charge in [0.15, 0.2) is 11.5 Å². The number of piperazine rings is 1. The molecule has 5 amide bonds. The normalized spacial score (nSPS) is 17.4. The summed E-state index contributed by atoms with van der Waals surface area (Å²) in [5, 5.41) is 33.9. The second-order valence-corrected chi connectivity index (χ2v) is 22.6. The van der Waals surface area contributed by atoms with E-state index in [1.165, 1.54) is 22.3 Å². The highest BCUT2D eigenvalue weighted by molar-refractivity contribution is 7.13. The SMILES string of the molecule is Cc1cc([C@H](C(=O)N2C[C@H](O)C[C@H]2C(=O)N[C@@H](CC(=O)NCCCCCCNC(=O)CN2CCN(C(=O)c3ccc(Nc4nc(C5CC5)cn5c(-c6cn[nH]c6)cnc45)c(F)c3)CC2)c2ccc(-c3scnc3C)cc2)C(C)C)on1. The number of hydrogen-bond donors (Lipinski definition) is 6. The zero-order valence-corrected chi connectivity index (χ0v) is 46.8. The number of aromatic amines is 1. The number of likely N-dealkylation sites (tertiary alicyclic amines) is 1. The summed E-state index contributed by atoms with van der Waals surface area (Å²) in [5.74, 6) is -1.75. The second-order valence-electron chi connectivity index (χ2n) is 21.8. The Labute approximate surface area is 472 Å². The van der Waals surface area contributed by atoms with Gasteiger partial charge in [0.25, 0.3) is 5.91 Å². The van der Waals surface area contributed by atoms with Crippen molar-refractivity contribution in [3.63, 3.8) is 0 Å². The van der Waals surface area contributed by atoms with Crippen molar-refractivity contribution in [1.29, 1.82) is 0 Å². The fraction of sp³-hybridized carbons (Fsp3) is 0.448. The minimum Gasteiger partial charge on any atom is -0.391 e. The van der Waals surface area contributed by atoms with E-state index in [4.69, 9.17) is 9.51 Å². The van der Waals surface area contributed by atoms with Crippen molar-refractivity contribution in [2.45, 2.75) is 109 Å². The van der Waals surface area contributed by atoms with Crippen LogP contribution in [0.5, 0.6) is 0 Å². The van der Waals surface area contributed by atoms with Crippen LogP contribution in [-0.4, -0.2) is 149 Å². The van der Waals surface area contributed by atoms with Gasteiger partial charge < -0.3 is 40.7 Å². The number of anilines is 2. The number of aryl methyl sites for hydroxylation is 2. The van der Waals surface area contributed by atoms with Gasteiger partial charge in [-0.15, -0.1) is 11.3 Å². The molecule has 4 atom stereocenters. The van der Waals surface area contributed by atoms with Crippen molar-refractivity contribution in [3.05, 3.63) is 119 Å². The average molecular weight is 1130 g/mol. The number of β-amino-alcohol motifs (C(OH)–C–C–N with tert-alkyl or cyclic N) is 1. The molecule has 7 heterocycles. The first-order valence-electron chi connectivity index (χ1n) is 27.9. The van der Waals surface area contributed by atoms with Gasteiger partial charge in [0.05, 0.1) is 76.4 Å². The number of carbonyl (C=O) groups excluding carboxylic acids is 5. The van der Waals surface area contributed by atoms with E-state index in [1.54, 1.807) is 54.1 Å². The van der Waals surface area contributed by atoms with E-state index in [9.17, 15) is 29.1 Å². The van der Waals surface area contributed by atoms with E-state index in [1.807, 2.05) is 60.5 Å². The van der Waals surface area contributed by atoms with Gasteiger partial charge in [0, 0.05) is 87.7 Å². The molecule has 3 aliphatic rings. The quantitative estimate of drug-likeness (QED) is 0.0360. The van der Waals surface area contributed by atoms with Gasteiger partial charge >= 0.3 is 0 Å². The number of nitrogens with zero attached hydrogens (tertiary/aromatic N) is 9. The predicted octanol–water partition coefficient (Wildman–Crippen LogP) is 6.81. The third-order valence-corrected chi connectivity index (χ3v) is 16.3. The molecule has 23 heteroatoms. The fourth-order valence-corrected chi connectivity index (χ4v) is 11.5. The topological polar surface area (TPSA) is 261 Å². The fourth-order valence-electron chi connectivity index (χ4n) is 10.7. The highest BCUT2D eigenvalue weighted by Gasteiger charge is 2.44. The minimum absolute atomic E-state index is 0.0124. The number of benzene rings is 2. The molecular weight excluding hydrogens is 1060 g/mol. The molecule has 0 spiro atoms. The van der Waals surface area contributed by atoms with Crippen molar-refractivity contribution in [1.82, 2.24) is 65.4 Å². The van der Waals surface area contributed by atoms with E-state index in [0.29, 0.717) is 80.1 Å². The number of thiazole rings is 1. The van der Waals surface area contributed by atoms with Gasteiger partial charge in [-0.3, -0.25) is 38.4 Å². The van der Waals surface area contributed by atoms with Crippen LogP contribution in [0.15, 0.2) is 83.4 Å². The molecular formula is C58H69FN14O7S. The third kappa shape index (κ3) is 13.5. The van der Waals surface area contributed by atoms with Gasteiger partial charge in [-0.05, 0) is 74.8 Å². The molecule has 6 N–H and O–H groups in total. The Morgan fingerprint density at radius 1 is 0.901 bits per heavy atom. The number of aromatic nitrogens is 7. The summed E-state index contributed by atoms with van der Waals surface area (Å²) in [5.41, 5.74) is 8.54. The first kappa shape index (κ1) is 56.4. The maximum Gasteiger partial charge on any atom is 0.254 e. The zero-order chi connectivity index (χ0) is 56.7. The molecule has 3 fully saturated rings. The number of imidazole rings is 1. The standard InChI is InChI=1S/C58H69FN14O7S/c1-34(2)52(49-23-35(3)69-80-49)58(79)73-30-42(74)25-47(73)56(77)68-45(37-11-13-39(14-12-37)53-36(4)63-33-81-53)26-50(75)60-17-7-5-6-8-18-61-51(76)32-70-19-21-71(22-20-70)57(78)40-15-16-44(43(59)24-40)66-54-55-62-29-48(41-27-64-65-28-41)72(55)31-46(67-54)38-9-10-38/h11-16,23-24,27-29,31,33-34,38,42,45,47,52,74H,5-10,17-22,25-26,30,32H2,1-4H3,(H,60,75)(H,61,76)(H,64,65)(H,66,67)(H,68,77)/t42-,45+,47+,52-/m1/s1. The molecule has 5 aromatic heterocycles. The second kappa shape index (κ2) is 25.3. The number of aliphatic hydroxyl groups is 1. The summed E-state index contributed by atoms with van der Waals surface area (Å²) in [4.78, 5) is 88.2. The molecule has 10 rings (SSSR count). The van der Waals surface area contributed by atoms with Crippen LogP contribution in [0, 0.1) is 25.6 Å². The number of hydrogen-bond acceptors (Lipinski definition) is 15. The summed E-state index contributed by atoms with van der Waals surface area (Å²) >= 11 is 1.53. The molecule has 1 saturated carbocycles. The molecule has 0 radical (unpaired) electrons. The lowest BCUT2D eigenvalue weighted by molar-refractivity contribution is -0.141. The maximum atomic E-state index is 15.7. The van der Waals surface area contributed by atoms with Crippen LogP contribution in [0.2, 0.25) is 0 Å². The monoisotopic (exact) mass is 1120 g/mol. The van der Waals surface area contributed by atoms with Crippen molar-refractivity contribution in [2.75, 3.05) is 57.7 Å². The number of unbranched alkanes of at least 4 members (excludes halogenated alkanes) is 3. The van der Waals surface area contributed by atoms with Crippen LogP contribution in [0.3, 0.4) is 0 Å². The molecule has 7 aromatic rings. The minimum atomic E-state index is -0.964. The first-order valence-corrected chi connectivity index (χ1v) is 28.8. The molecule has 1 aliphatic carbocycles. The van der Waals surface area contributed by atoms with E-state index < -0.39 is 35.8 Å². The molecule has 0 unspecified atom stereocenters. The van der Waals surface area contributed by atoms with E-state index in [-0.39, 0.29) is 66.7 Å². The number of amides is 5. The lowest BCUT2D eigenvalue weighted by Crippen LogP contribution is -2.51. The summed E-state index contributed by atoms with van der Waals surface area (Å²) in [6.07, 6.45) is 11.5. The van der Waals surface area contributed by atoms with Crippen LogP contribution >= 0.6 is 11.3 Å². The summed E-state index contributed by atoms with van der Waals surface area (Å²) < 4.78 is 23.1. The number of aliphatic hydroxyl groups excluding tert-OH is 1. The van der Waals surface area contributed by atoms with Crippen LogP contribution in [0.1, 0.15) is 122 Å². The van der Waals surface area contributed by atoms with Crippen molar-refractivity contribution >= 4 is 58.0 Å². The lowest BCUT2D eigenvalue weighted by atomic mass is 9.91. The van der Waals surface area contributed by atoms with Crippen molar-refractivity contribution in [2.24, 2.45) is 5.92 Å². The Hall–Kier alpha value is -7.89. The van der Waals surface area contributed by atoms with Gasteiger partial charge in [-0.2, -0.15) is 5.10 Å². The third-order valence-electron chi connectivity index (χ3n) is 15.3. The van der Waals surface area contributed by atoms with Gasteiger partial charge in [-0.25, -0.2) is 19.3 Å². The average Bonchev–Trinajstić information content (AvgIpc) is 3.98. The number of nitrogens with one attached hydrogen (secondary N) is 5. The van der Waals surface area contributed by atoms with E-state index in [2.05, 4.69) is 46.6 Å². The number of H-pyrrole nitrogens is 1. The Kier molecular flexibility index (Phi) is 17.6. The number of halogens is 1. The van der Waals surface area contributed by atoms with Crippen LogP contribution < -0.4 is 21.3 Å². The van der Waals surface area contributed by atoms with Crippen LogP contribution in [0.25, 0.3) is 27.3 Å². The van der Waals surface area contributed by atoms with E-state index >= 15 is 4.39 Å². The summed E-state index contributed by atoms with van der Waals surface area (Å²) in [6.45, 7) is 10.4. The Bertz CT molecular complexity index is 3350. The summed E-state index contributed by atoms with van der Waals surface area (Å²) in [7, 11) is 0. The van der Waals surface area contributed by atoms with Crippen LogP contribution in [-0.2, 0) is 19.2 Å². The Morgan fingerprint density at radius 3 is 2.31 bits per heavy atom. The number of fused-ring (bicyclic) bond motifs is 1. The zero-order valence-electron chi connectivity index (χ0n) is 46.0. The number of carbonyl (C=O) groups is 5. The molecule has 21 nitrogen and oxygen atoms in total.